The fourth-order valence-corrected chi connectivity index (χ4v) is 1.49. The Balaban J connectivity index is 3.72. The van der Waals surface area contributed by atoms with E-state index >= 15 is 0 Å². The highest BCUT2D eigenvalue weighted by Crippen LogP contribution is 2.03. The third-order valence-corrected chi connectivity index (χ3v) is 2.70. The minimum Gasteiger partial charge on any atom is -0.465 e. The second-order valence-electron chi connectivity index (χ2n) is 3.88. The van der Waals surface area contributed by atoms with Crippen LogP contribution >= 0.6 is 0 Å². The number of ether oxygens (including phenoxy) is 1. The average Bonchev–Trinajstić information content (AvgIpc) is 2.20. The number of sulfonamides is 1. The quantitative estimate of drug-likeness (QED) is 0.532. The van der Waals surface area contributed by atoms with Crippen LogP contribution in [0.15, 0.2) is 0 Å². The zero-order chi connectivity index (χ0) is 13.5. The number of hydrogen-bond acceptors (Lipinski definition) is 5. The summed E-state index contributed by atoms with van der Waals surface area (Å²) in [6, 6.07) is 0. The molecule has 6 nitrogen and oxygen atoms in total. The molecule has 100 valence electrons. The van der Waals surface area contributed by atoms with Crippen molar-refractivity contribution in [1.82, 2.24) is 4.72 Å². The van der Waals surface area contributed by atoms with Gasteiger partial charge >= 0.3 is 5.97 Å². The maximum atomic E-state index is 11.2. The largest absolute Gasteiger partial charge is 0.465 e. The molecular weight excluding hydrogens is 246 g/mol. The molecule has 0 spiro atoms. The van der Waals surface area contributed by atoms with Crippen LogP contribution in [0, 0.1) is 5.92 Å². The van der Waals surface area contributed by atoms with E-state index in [-0.39, 0.29) is 24.9 Å². The van der Waals surface area contributed by atoms with Gasteiger partial charge in [-0.2, -0.15) is 0 Å². The zero-order valence-corrected chi connectivity index (χ0v) is 11.2. The minimum absolute atomic E-state index is 0.0147. The SMILES string of the molecule is CCC(C)C(=O)OCCCC(=O)NS(C)(=O)=O. The van der Waals surface area contributed by atoms with Crippen molar-refractivity contribution >= 4 is 21.9 Å². The molecule has 0 fully saturated rings. The molecule has 0 aliphatic rings. The van der Waals surface area contributed by atoms with Crippen molar-refractivity contribution < 1.29 is 22.7 Å². The maximum Gasteiger partial charge on any atom is 0.308 e. The van der Waals surface area contributed by atoms with Crippen LogP contribution in [-0.2, 0) is 24.3 Å². The summed E-state index contributed by atoms with van der Waals surface area (Å²) in [5.41, 5.74) is 0. The molecule has 1 amide bonds. The Bertz CT molecular complexity index is 363. The predicted octanol–water partition coefficient (Wildman–Crippen LogP) is 0.432. The fraction of sp³-hybridized carbons (Fsp3) is 0.800. The Hall–Kier alpha value is -1.11. The number of hydrogen-bond donors (Lipinski definition) is 1. The Morgan fingerprint density at radius 3 is 2.41 bits per heavy atom. The van der Waals surface area contributed by atoms with Gasteiger partial charge in [-0.05, 0) is 12.8 Å². The molecule has 0 heterocycles. The van der Waals surface area contributed by atoms with Gasteiger partial charge in [0.1, 0.15) is 0 Å². The number of rotatable bonds is 7. The standard InChI is InChI=1S/C10H19NO5S/c1-4-8(2)10(13)16-7-5-6-9(12)11-17(3,14)15/h8H,4-7H2,1-3H3,(H,11,12). The smallest absolute Gasteiger partial charge is 0.308 e. The molecule has 0 aromatic heterocycles. The Morgan fingerprint density at radius 1 is 1.35 bits per heavy atom. The van der Waals surface area contributed by atoms with Gasteiger partial charge in [0, 0.05) is 6.42 Å². The van der Waals surface area contributed by atoms with Crippen LogP contribution in [0.25, 0.3) is 0 Å². The molecule has 0 saturated carbocycles. The normalized spacial score (nSPS) is 12.9. The summed E-state index contributed by atoms with van der Waals surface area (Å²) in [6.07, 6.45) is 1.94. The number of carbonyl (C=O) groups excluding carboxylic acids is 2. The highest BCUT2D eigenvalue weighted by molar-refractivity contribution is 7.89. The Labute approximate surface area is 102 Å². The molecule has 0 aromatic carbocycles. The molecule has 0 aliphatic heterocycles. The van der Waals surface area contributed by atoms with Crippen molar-refractivity contribution in [3.63, 3.8) is 0 Å². The van der Waals surface area contributed by atoms with Gasteiger partial charge in [-0.25, -0.2) is 8.42 Å². The molecule has 1 atom stereocenters. The molecule has 1 N–H and O–H groups in total. The highest BCUT2D eigenvalue weighted by atomic mass is 32.2. The van der Waals surface area contributed by atoms with Crippen molar-refractivity contribution in [3.8, 4) is 0 Å². The van der Waals surface area contributed by atoms with Gasteiger partial charge in [0.15, 0.2) is 0 Å². The summed E-state index contributed by atoms with van der Waals surface area (Å²) < 4.78 is 28.1. The lowest BCUT2D eigenvalue weighted by Crippen LogP contribution is -2.29. The van der Waals surface area contributed by atoms with E-state index in [1.165, 1.54) is 0 Å². The van der Waals surface area contributed by atoms with Crippen LogP contribution in [0.3, 0.4) is 0 Å². The van der Waals surface area contributed by atoms with Crippen molar-refractivity contribution in [1.29, 1.82) is 0 Å². The first-order chi connectivity index (χ1) is 7.76. The second kappa shape index (κ2) is 7.26. The van der Waals surface area contributed by atoms with E-state index in [9.17, 15) is 18.0 Å². The first-order valence-corrected chi connectivity index (χ1v) is 7.32. The van der Waals surface area contributed by atoms with Crippen molar-refractivity contribution in [2.75, 3.05) is 12.9 Å². The molecule has 0 bridgehead atoms. The number of carbonyl (C=O) groups is 2. The van der Waals surface area contributed by atoms with Crippen molar-refractivity contribution in [3.05, 3.63) is 0 Å². The van der Waals surface area contributed by atoms with Gasteiger partial charge < -0.3 is 4.74 Å². The topological polar surface area (TPSA) is 89.5 Å². The molecular formula is C10H19NO5S. The third kappa shape index (κ3) is 8.67. The summed E-state index contributed by atoms with van der Waals surface area (Å²) >= 11 is 0. The average molecular weight is 265 g/mol. The monoisotopic (exact) mass is 265 g/mol. The lowest BCUT2D eigenvalue weighted by molar-refractivity contribution is -0.148. The molecule has 0 radical (unpaired) electrons. The molecule has 0 aromatic rings. The molecule has 7 heteroatoms. The van der Waals surface area contributed by atoms with Crippen LogP contribution in [0.2, 0.25) is 0 Å². The van der Waals surface area contributed by atoms with E-state index in [1.807, 2.05) is 11.6 Å². The first kappa shape index (κ1) is 15.9. The minimum atomic E-state index is -3.50. The Morgan fingerprint density at radius 2 is 1.94 bits per heavy atom. The second-order valence-corrected chi connectivity index (χ2v) is 5.63. The summed E-state index contributed by atoms with van der Waals surface area (Å²) in [4.78, 5) is 22.3. The van der Waals surface area contributed by atoms with Crippen LogP contribution in [0.1, 0.15) is 33.1 Å². The summed E-state index contributed by atoms with van der Waals surface area (Å²) in [5, 5.41) is 0. The van der Waals surface area contributed by atoms with Crippen LogP contribution in [-0.4, -0.2) is 33.2 Å². The van der Waals surface area contributed by atoms with Gasteiger partial charge in [0.2, 0.25) is 15.9 Å². The van der Waals surface area contributed by atoms with Gasteiger partial charge in [-0.15, -0.1) is 0 Å². The molecule has 0 saturated heterocycles. The fourth-order valence-electron chi connectivity index (χ4n) is 0.972. The lowest BCUT2D eigenvalue weighted by Gasteiger charge is -2.08. The molecule has 17 heavy (non-hydrogen) atoms. The van der Waals surface area contributed by atoms with Crippen LogP contribution < -0.4 is 4.72 Å². The number of nitrogens with one attached hydrogen (secondary N) is 1. The van der Waals surface area contributed by atoms with E-state index in [0.29, 0.717) is 12.8 Å². The number of esters is 1. The van der Waals surface area contributed by atoms with Gasteiger partial charge in [-0.1, -0.05) is 13.8 Å². The predicted molar refractivity (Wildman–Crippen MR) is 62.6 cm³/mol. The number of amides is 1. The van der Waals surface area contributed by atoms with Crippen molar-refractivity contribution in [2.24, 2.45) is 5.92 Å². The van der Waals surface area contributed by atoms with Crippen LogP contribution in [0.4, 0.5) is 0 Å². The van der Waals surface area contributed by atoms with Crippen LogP contribution in [0.5, 0.6) is 0 Å². The van der Waals surface area contributed by atoms with Gasteiger partial charge in [0.25, 0.3) is 0 Å². The molecule has 0 aliphatic carbocycles. The molecule has 1 unspecified atom stereocenters. The first-order valence-electron chi connectivity index (χ1n) is 5.43. The Kier molecular flexibility index (Phi) is 6.79. The summed E-state index contributed by atoms with van der Waals surface area (Å²) in [6.45, 7) is 3.77. The van der Waals surface area contributed by atoms with E-state index in [1.54, 1.807) is 6.92 Å². The summed E-state index contributed by atoms with van der Waals surface area (Å²) in [7, 11) is -3.50. The highest BCUT2D eigenvalue weighted by Gasteiger charge is 2.12. The zero-order valence-electron chi connectivity index (χ0n) is 10.4. The van der Waals surface area contributed by atoms with Crippen molar-refractivity contribution in [2.45, 2.75) is 33.1 Å². The molecule has 0 rings (SSSR count). The van der Waals surface area contributed by atoms with E-state index < -0.39 is 15.9 Å². The lowest BCUT2D eigenvalue weighted by atomic mass is 10.1. The maximum absolute atomic E-state index is 11.2. The van der Waals surface area contributed by atoms with Gasteiger partial charge in [0.05, 0.1) is 18.8 Å². The van der Waals surface area contributed by atoms with E-state index in [0.717, 1.165) is 6.26 Å². The summed E-state index contributed by atoms with van der Waals surface area (Å²) in [5.74, 6) is -1.04. The third-order valence-electron chi connectivity index (χ3n) is 2.11. The van der Waals surface area contributed by atoms with E-state index in [2.05, 4.69) is 0 Å². The van der Waals surface area contributed by atoms with E-state index in [4.69, 9.17) is 4.74 Å². The van der Waals surface area contributed by atoms with Gasteiger partial charge in [-0.3, -0.25) is 14.3 Å².